The van der Waals surface area contributed by atoms with E-state index >= 15 is 0 Å². The Morgan fingerprint density at radius 1 is 0.870 bits per heavy atom. The Hall–Kier alpha value is -2.03. The van der Waals surface area contributed by atoms with Crippen molar-refractivity contribution in [3.8, 4) is 11.8 Å². The van der Waals surface area contributed by atoms with Crippen molar-refractivity contribution in [3.63, 3.8) is 0 Å². The molecule has 2 rings (SSSR count). The van der Waals surface area contributed by atoms with E-state index in [0.717, 1.165) is 11.8 Å². The number of benzene rings is 2. The average Bonchev–Trinajstić information content (AvgIpc) is 2.44. The Morgan fingerprint density at radius 2 is 1.39 bits per heavy atom. The van der Waals surface area contributed by atoms with Gasteiger partial charge in [0.25, 0.3) is 0 Å². The van der Waals surface area contributed by atoms with Crippen LogP contribution in [-0.4, -0.2) is 22.7 Å². The minimum atomic E-state index is -3.32. The van der Waals surface area contributed by atoms with Gasteiger partial charge in [0.2, 0.25) is 10.0 Å². The second-order valence-electron chi connectivity index (χ2n) is 6.47. The average molecular weight is 344 g/mol. The first-order valence-corrected chi connectivity index (χ1v) is 12.7. The molecule has 0 aromatic heterocycles. The van der Waals surface area contributed by atoms with E-state index in [1.165, 1.54) is 5.19 Å². The molecule has 3 nitrogen and oxygen atoms in total. The second kappa shape index (κ2) is 6.61. The van der Waals surface area contributed by atoms with Crippen LogP contribution in [0.25, 0.3) is 0 Å². The van der Waals surface area contributed by atoms with E-state index in [2.05, 4.69) is 42.3 Å². The lowest BCUT2D eigenvalue weighted by Crippen LogP contribution is -2.39. The molecular weight excluding hydrogens is 322 g/mol. The maximum Gasteiger partial charge on any atom is 0.229 e. The van der Waals surface area contributed by atoms with Crippen LogP contribution in [0.15, 0.2) is 48.5 Å². The Balaban J connectivity index is 2.45. The summed E-state index contributed by atoms with van der Waals surface area (Å²) in [5, 5.41) is 1.31. The van der Waals surface area contributed by atoms with Crippen LogP contribution in [0.2, 0.25) is 19.6 Å². The Labute approximate surface area is 139 Å². The molecule has 2 aromatic rings. The van der Waals surface area contributed by atoms with E-state index in [-0.39, 0.29) is 0 Å². The van der Waals surface area contributed by atoms with Gasteiger partial charge in [-0.2, -0.15) is 0 Å². The van der Waals surface area contributed by atoms with Crippen LogP contribution in [0.1, 0.15) is 11.1 Å². The molecular formula is C18H21NO2SSi. The highest BCUT2D eigenvalue weighted by Gasteiger charge is 2.18. The Morgan fingerprint density at radius 3 is 2.00 bits per heavy atom. The van der Waals surface area contributed by atoms with Gasteiger partial charge in [0.05, 0.1) is 20.0 Å². The fraction of sp³-hybridized carbons (Fsp3) is 0.222. The fourth-order valence-electron chi connectivity index (χ4n) is 2.26. The highest BCUT2D eigenvalue weighted by Crippen LogP contribution is 2.15. The summed E-state index contributed by atoms with van der Waals surface area (Å²) < 4.78 is 25.4. The van der Waals surface area contributed by atoms with Crippen molar-refractivity contribution >= 4 is 29.0 Å². The Bertz CT molecular complexity index is 872. The first-order chi connectivity index (χ1) is 10.7. The molecule has 2 aromatic carbocycles. The van der Waals surface area contributed by atoms with E-state index in [9.17, 15) is 8.42 Å². The summed E-state index contributed by atoms with van der Waals surface area (Å²) in [5.41, 5.74) is 2.19. The predicted octanol–water partition coefficient (Wildman–Crippen LogP) is 3.00. The van der Waals surface area contributed by atoms with Crippen LogP contribution in [0.4, 0.5) is 5.69 Å². The van der Waals surface area contributed by atoms with Crippen molar-refractivity contribution in [1.29, 1.82) is 0 Å². The normalized spacial score (nSPS) is 11.5. The largest absolute Gasteiger partial charge is 0.283 e. The Kier molecular flexibility index (Phi) is 4.98. The summed E-state index contributed by atoms with van der Waals surface area (Å²) in [4.78, 5) is 0. The third-order valence-electron chi connectivity index (χ3n) is 3.29. The van der Waals surface area contributed by atoms with Crippen LogP contribution < -0.4 is 9.91 Å². The molecule has 0 saturated heterocycles. The minimum absolute atomic E-state index is 0.507. The standard InChI is InChI=1S/C18H21NO2SSi/c1-22(20,21)19-17-11-7-5-9-15(17)13-14-16-10-6-8-12-18(16)23(2,3)4/h5-12,19H,1-4H3. The first kappa shape index (κ1) is 17.3. The predicted molar refractivity (Wildman–Crippen MR) is 100 cm³/mol. The van der Waals surface area contributed by atoms with E-state index in [4.69, 9.17) is 0 Å². The van der Waals surface area contributed by atoms with Crippen LogP contribution in [0.3, 0.4) is 0 Å². The summed E-state index contributed by atoms with van der Waals surface area (Å²) in [5.74, 6) is 6.32. The van der Waals surface area contributed by atoms with Crippen molar-refractivity contribution < 1.29 is 8.42 Å². The molecule has 120 valence electrons. The van der Waals surface area contributed by atoms with Crippen molar-refractivity contribution in [3.05, 3.63) is 59.7 Å². The van der Waals surface area contributed by atoms with Gasteiger partial charge >= 0.3 is 0 Å². The van der Waals surface area contributed by atoms with Gasteiger partial charge in [-0.05, 0) is 23.4 Å². The van der Waals surface area contributed by atoms with Crippen molar-refractivity contribution in [2.75, 3.05) is 11.0 Å². The van der Waals surface area contributed by atoms with Gasteiger partial charge in [0, 0.05) is 11.1 Å². The van der Waals surface area contributed by atoms with Gasteiger partial charge in [-0.25, -0.2) is 8.42 Å². The van der Waals surface area contributed by atoms with Crippen LogP contribution in [-0.2, 0) is 10.0 Å². The maximum absolute atomic E-state index is 11.5. The molecule has 0 aliphatic carbocycles. The van der Waals surface area contributed by atoms with Gasteiger partial charge in [-0.15, -0.1) is 0 Å². The molecule has 0 unspecified atom stereocenters. The zero-order valence-electron chi connectivity index (χ0n) is 13.8. The topological polar surface area (TPSA) is 46.2 Å². The smallest absolute Gasteiger partial charge is 0.229 e. The van der Waals surface area contributed by atoms with Gasteiger partial charge in [0.15, 0.2) is 0 Å². The summed E-state index contributed by atoms with van der Waals surface area (Å²) >= 11 is 0. The second-order valence-corrected chi connectivity index (χ2v) is 13.3. The molecule has 1 N–H and O–H groups in total. The lowest BCUT2D eigenvalue weighted by Gasteiger charge is -2.18. The summed E-state index contributed by atoms with van der Waals surface area (Å²) in [7, 11) is -4.81. The molecule has 0 spiro atoms. The first-order valence-electron chi connectivity index (χ1n) is 7.35. The summed E-state index contributed by atoms with van der Waals surface area (Å²) in [6.45, 7) is 6.85. The molecule has 0 amide bonds. The van der Waals surface area contributed by atoms with Gasteiger partial charge in [-0.3, -0.25) is 4.72 Å². The highest BCUT2D eigenvalue weighted by atomic mass is 32.2. The quantitative estimate of drug-likeness (QED) is 0.688. The van der Waals surface area contributed by atoms with Crippen LogP contribution in [0, 0.1) is 11.8 Å². The number of anilines is 1. The monoisotopic (exact) mass is 343 g/mol. The highest BCUT2D eigenvalue weighted by molar-refractivity contribution is 7.92. The van der Waals surface area contributed by atoms with Gasteiger partial charge < -0.3 is 0 Å². The lowest BCUT2D eigenvalue weighted by atomic mass is 10.1. The number of para-hydroxylation sites is 1. The number of sulfonamides is 1. The number of hydrogen-bond acceptors (Lipinski definition) is 2. The summed E-state index contributed by atoms with van der Waals surface area (Å²) in [6.07, 6.45) is 1.14. The SMILES string of the molecule is C[Si](C)(C)c1ccccc1C#Cc1ccccc1NS(C)(=O)=O. The lowest BCUT2D eigenvalue weighted by molar-refractivity contribution is 0.607. The third kappa shape index (κ3) is 4.98. The van der Waals surface area contributed by atoms with E-state index in [0.29, 0.717) is 11.3 Å². The van der Waals surface area contributed by atoms with E-state index < -0.39 is 18.1 Å². The van der Waals surface area contributed by atoms with Gasteiger partial charge in [0.1, 0.15) is 0 Å². The fourth-order valence-corrected chi connectivity index (χ4v) is 4.39. The molecule has 23 heavy (non-hydrogen) atoms. The van der Waals surface area contributed by atoms with Crippen molar-refractivity contribution in [1.82, 2.24) is 0 Å². The van der Waals surface area contributed by atoms with E-state index in [1.54, 1.807) is 12.1 Å². The zero-order chi connectivity index (χ0) is 17.1. The molecule has 0 atom stereocenters. The van der Waals surface area contributed by atoms with Crippen molar-refractivity contribution in [2.45, 2.75) is 19.6 Å². The molecule has 0 heterocycles. The molecule has 0 saturated carbocycles. The molecule has 0 bridgehead atoms. The zero-order valence-corrected chi connectivity index (χ0v) is 15.7. The third-order valence-corrected chi connectivity index (χ3v) is 5.93. The number of hydrogen-bond donors (Lipinski definition) is 1. The van der Waals surface area contributed by atoms with Crippen LogP contribution >= 0.6 is 0 Å². The van der Waals surface area contributed by atoms with Crippen LogP contribution in [0.5, 0.6) is 0 Å². The summed E-state index contributed by atoms with van der Waals surface area (Å²) in [6, 6.07) is 15.3. The molecule has 0 aliphatic rings. The number of rotatable bonds is 3. The van der Waals surface area contributed by atoms with Gasteiger partial charge in [-0.1, -0.05) is 61.8 Å². The van der Waals surface area contributed by atoms with Crippen molar-refractivity contribution in [2.24, 2.45) is 0 Å². The molecule has 5 heteroatoms. The molecule has 0 radical (unpaired) electrons. The maximum atomic E-state index is 11.5. The minimum Gasteiger partial charge on any atom is -0.283 e. The number of nitrogens with one attached hydrogen (secondary N) is 1. The van der Waals surface area contributed by atoms with E-state index in [1.807, 2.05) is 30.3 Å². The molecule has 0 fully saturated rings. The molecule has 0 aliphatic heterocycles.